The number of nitrogens with one attached hydrogen (secondary N) is 1. The highest BCUT2D eigenvalue weighted by atomic mass is 16.8. The lowest BCUT2D eigenvalue weighted by Crippen LogP contribution is -2.66. The Hall–Kier alpha value is -2.77. The minimum absolute atomic E-state index is 0.241. The second-order valence-electron chi connectivity index (χ2n) is 29.6. The summed E-state index contributed by atoms with van der Waals surface area (Å²) in [5, 5.41) is 121. The number of carbonyl (C=O) groups excluding carboxylic acids is 1. The van der Waals surface area contributed by atoms with E-state index in [1.165, 1.54) is 199 Å². The second kappa shape index (κ2) is 64.1. The van der Waals surface area contributed by atoms with Crippen LogP contribution in [0.2, 0.25) is 0 Å². The van der Waals surface area contributed by atoms with Gasteiger partial charge in [0.05, 0.1) is 38.6 Å². The molecule has 3 saturated heterocycles. The molecule has 0 radical (unpaired) electrons. The molecule has 3 aliphatic heterocycles. The van der Waals surface area contributed by atoms with Gasteiger partial charge >= 0.3 is 0 Å². The molecular formula is C84H151NO18. The van der Waals surface area contributed by atoms with Crippen molar-refractivity contribution in [3.05, 3.63) is 72.9 Å². The van der Waals surface area contributed by atoms with Gasteiger partial charge in [0.25, 0.3) is 0 Å². The zero-order chi connectivity index (χ0) is 74.6. The monoisotopic (exact) mass is 1460 g/mol. The highest BCUT2D eigenvalue weighted by molar-refractivity contribution is 5.76. The maximum Gasteiger partial charge on any atom is 0.220 e. The summed E-state index contributed by atoms with van der Waals surface area (Å²) in [5.74, 6) is -0.241. The SMILES string of the molecule is CC/C=C\C/C=C\C/C=C\C/C=C\C/C=C\C/C=C\CCCCCCCCCCCCCCCCC(=O)NC(COC1OC(CO)C(OC2OC(CO)C(OC3OC(CO)C(O)C(O)C3O)C(O)C2O)C(O)C1O)C(O)CCCCCCCCCCCCCCCCCCCCCCCCCCC. The van der Waals surface area contributed by atoms with Crippen molar-refractivity contribution in [2.24, 2.45) is 0 Å². The van der Waals surface area contributed by atoms with Crippen molar-refractivity contribution < 1.29 is 89.4 Å². The number of aliphatic hydroxyl groups is 11. The number of hydrogen-bond acceptors (Lipinski definition) is 18. The molecule has 0 aliphatic carbocycles. The Kier molecular flexibility index (Phi) is 58.8. The van der Waals surface area contributed by atoms with Crippen LogP contribution in [0.25, 0.3) is 0 Å². The molecule has 3 fully saturated rings. The summed E-state index contributed by atoms with van der Waals surface area (Å²) in [7, 11) is 0. The van der Waals surface area contributed by atoms with Crippen LogP contribution in [0.4, 0.5) is 0 Å². The molecule has 3 aliphatic rings. The summed E-state index contributed by atoms with van der Waals surface area (Å²) < 4.78 is 34.6. The standard InChI is InChI=1S/C84H151NO18/c1-3-5-7-9-11-13-15-17-19-21-23-25-27-29-30-31-32-33-34-35-36-38-40-42-44-46-48-50-52-54-56-58-60-62-72(90)85-67(68(89)61-59-57-55-53-51-49-47-45-43-41-39-37-28-26-24-22-20-18-16-14-12-10-8-6-4-2)66-98-82-78(96)75(93)80(70(64-87)100-82)103-84-79(97)76(94)81(71(65-88)101-84)102-83-77(95)74(92)73(91)69(63-86)99-83/h5,7,11,13,17,19,23,25,29-30,32-33,67-71,73-84,86-89,91-97H,3-4,6,8-10,12,14-16,18,20-22,24,26-28,31,34-66H2,1-2H3,(H,85,90)/b7-5-,13-11-,19-17-,25-23-,30-29-,33-32-. The van der Waals surface area contributed by atoms with E-state index in [0.717, 1.165) is 89.9 Å². The van der Waals surface area contributed by atoms with Gasteiger partial charge in [-0.25, -0.2) is 0 Å². The molecule has 17 unspecified atom stereocenters. The maximum absolute atomic E-state index is 13.5. The van der Waals surface area contributed by atoms with Crippen LogP contribution in [-0.2, 0) is 33.2 Å². The van der Waals surface area contributed by atoms with Gasteiger partial charge in [-0.15, -0.1) is 0 Å². The van der Waals surface area contributed by atoms with Crippen LogP contribution in [0.3, 0.4) is 0 Å². The van der Waals surface area contributed by atoms with Crippen molar-refractivity contribution >= 4 is 5.91 Å². The Balaban J connectivity index is 1.35. The predicted octanol–water partition coefficient (Wildman–Crippen LogP) is 14.4. The number of unbranched alkanes of at least 4 members (excludes halogenated alkanes) is 38. The Morgan fingerprint density at radius 1 is 0.359 bits per heavy atom. The van der Waals surface area contributed by atoms with Gasteiger partial charge in [0.1, 0.15) is 73.2 Å². The van der Waals surface area contributed by atoms with Crippen LogP contribution in [0, 0.1) is 0 Å². The molecule has 3 rings (SSSR count). The quantitative estimate of drug-likeness (QED) is 0.0199. The molecule has 19 heteroatoms. The van der Waals surface area contributed by atoms with Crippen LogP contribution in [0.1, 0.15) is 322 Å². The fourth-order valence-electron chi connectivity index (χ4n) is 13.9. The van der Waals surface area contributed by atoms with E-state index in [2.05, 4.69) is 92.1 Å². The minimum Gasteiger partial charge on any atom is -0.394 e. The van der Waals surface area contributed by atoms with Crippen molar-refractivity contribution in [3.63, 3.8) is 0 Å². The number of carbonyl (C=O) groups is 1. The summed E-state index contributed by atoms with van der Waals surface area (Å²) in [6, 6.07) is -0.892. The number of ether oxygens (including phenoxy) is 6. The topological polar surface area (TPSA) is 307 Å². The van der Waals surface area contributed by atoms with Gasteiger partial charge in [-0.2, -0.15) is 0 Å². The molecule has 0 saturated carbocycles. The van der Waals surface area contributed by atoms with E-state index in [0.29, 0.717) is 12.8 Å². The molecule has 600 valence electrons. The van der Waals surface area contributed by atoms with Crippen LogP contribution in [0.5, 0.6) is 0 Å². The summed E-state index contributed by atoms with van der Waals surface area (Å²) in [6.07, 6.45) is 57.0. The third-order valence-electron chi connectivity index (χ3n) is 20.5. The van der Waals surface area contributed by atoms with Gasteiger partial charge in [-0.3, -0.25) is 4.79 Å². The second-order valence-corrected chi connectivity index (χ2v) is 29.6. The molecule has 19 nitrogen and oxygen atoms in total. The van der Waals surface area contributed by atoms with Crippen molar-refractivity contribution in [1.29, 1.82) is 0 Å². The highest BCUT2D eigenvalue weighted by Crippen LogP contribution is 2.33. The summed E-state index contributed by atoms with van der Waals surface area (Å²) in [5.41, 5.74) is 0. The van der Waals surface area contributed by atoms with Crippen molar-refractivity contribution in [2.75, 3.05) is 26.4 Å². The Morgan fingerprint density at radius 2 is 0.670 bits per heavy atom. The van der Waals surface area contributed by atoms with E-state index in [9.17, 15) is 61.0 Å². The lowest BCUT2D eigenvalue weighted by molar-refractivity contribution is -0.379. The molecule has 0 aromatic carbocycles. The molecule has 0 aromatic heterocycles. The molecule has 12 N–H and O–H groups in total. The average Bonchev–Trinajstić information content (AvgIpc) is 0.781. The van der Waals surface area contributed by atoms with Gasteiger partial charge in [-0.1, -0.05) is 324 Å². The van der Waals surface area contributed by atoms with Crippen LogP contribution >= 0.6 is 0 Å². The lowest BCUT2D eigenvalue weighted by atomic mass is 9.96. The summed E-state index contributed by atoms with van der Waals surface area (Å²) in [4.78, 5) is 13.5. The zero-order valence-corrected chi connectivity index (χ0v) is 64.3. The van der Waals surface area contributed by atoms with Crippen LogP contribution in [-0.4, -0.2) is 193 Å². The van der Waals surface area contributed by atoms with E-state index >= 15 is 0 Å². The first-order valence-electron chi connectivity index (χ1n) is 41.7. The van der Waals surface area contributed by atoms with E-state index < -0.39 is 124 Å². The number of hydrogen-bond donors (Lipinski definition) is 12. The Labute approximate surface area is 623 Å². The number of rotatable bonds is 66. The minimum atomic E-state index is -1.98. The highest BCUT2D eigenvalue weighted by Gasteiger charge is 2.54. The Morgan fingerprint density at radius 3 is 1.05 bits per heavy atom. The normalized spacial score (nSPS) is 26.4. The molecule has 0 aromatic rings. The summed E-state index contributed by atoms with van der Waals surface area (Å²) in [6.45, 7) is 1.73. The van der Waals surface area contributed by atoms with Gasteiger partial charge in [0.2, 0.25) is 5.91 Å². The summed E-state index contributed by atoms with van der Waals surface area (Å²) >= 11 is 0. The molecular weight excluding hydrogens is 1310 g/mol. The zero-order valence-electron chi connectivity index (χ0n) is 64.3. The van der Waals surface area contributed by atoms with E-state index in [1.807, 2.05) is 0 Å². The van der Waals surface area contributed by atoms with E-state index in [4.69, 9.17) is 28.4 Å². The fraction of sp³-hybridized carbons (Fsp3) is 0.845. The third kappa shape index (κ3) is 43.9. The third-order valence-corrected chi connectivity index (χ3v) is 20.5. The van der Waals surface area contributed by atoms with E-state index in [1.54, 1.807) is 0 Å². The van der Waals surface area contributed by atoms with Crippen LogP contribution in [0.15, 0.2) is 72.9 Å². The smallest absolute Gasteiger partial charge is 0.220 e. The first-order chi connectivity index (χ1) is 50.3. The molecule has 0 spiro atoms. The molecule has 103 heavy (non-hydrogen) atoms. The van der Waals surface area contributed by atoms with Crippen molar-refractivity contribution in [1.82, 2.24) is 5.32 Å². The molecule has 1 amide bonds. The number of amides is 1. The van der Waals surface area contributed by atoms with E-state index in [-0.39, 0.29) is 18.9 Å². The molecule has 3 heterocycles. The Bertz CT molecular complexity index is 2140. The number of aliphatic hydroxyl groups excluding tert-OH is 11. The molecule has 0 bridgehead atoms. The van der Waals surface area contributed by atoms with Crippen molar-refractivity contribution in [3.8, 4) is 0 Å². The maximum atomic E-state index is 13.5. The lowest BCUT2D eigenvalue weighted by Gasteiger charge is -2.48. The predicted molar refractivity (Wildman–Crippen MR) is 411 cm³/mol. The van der Waals surface area contributed by atoms with Gasteiger partial charge in [-0.05, 0) is 64.2 Å². The van der Waals surface area contributed by atoms with Gasteiger partial charge < -0.3 is 89.9 Å². The first kappa shape index (κ1) is 94.4. The number of allylic oxidation sites excluding steroid dienone is 12. The molecule has 17 atom stereocenters. The largest absolute Gasteiger partial charge is 0.394 e. The fourth-order valence-corrected chi connectivity index (χ4v) is 13.9. The van der Waals surface area contributed by atoms with Gasteiger partial charge in [0.15, 0.2) is 18.9 Å². The average molecular weight is 1460 g/mol. The van der Waals surface area contributed by atoms with Gasteiger partial charge in [0, 0.05) is 6.42 Å². The first-order valence-corrected chi connectivity index (χ1v) is 41.7. The van der Waals surface area contributed by atoms with Crippen molar-refractivity contribution in [2.45, 2.75) is 426 Å². The van der Waals surface area contributed by atoms with Crippen LogP contribution < -0.4 is 5.32 Å².